The average Bonchev–Trinajstić information content (AvgIpc) is 2.19. The van der Waals surface area contributed by atoms with Gasteiger partial charge in [0, 0.05) is 0 Å². The van der Waals surface area contributed by atoms with Crippen LogP contribution in [0.1, 0.15) is 5.89 Å². The van der Waals surface area contributed by atoms with Gasteiger partial charge in [0.25, 0.3) is 0 Å². The van der Waals surface area contributed by atoms with Crippen LogP contribution in [0.3, 0.4) is 0 Å². The number of oxazole rings is 1. The van der Waals surface area contributed by atoms with Crippen molar-refractivity contribution in [2.75, 3.05) is 0 Å². The lowest BCUT2D eigenvalue weighted by atomic mass is 10.5. The fraction of sp³-hybridized carbons (Fsp3) is 0.167. The maximum absolute atomic E-state index is 6.53. The second-order valence-corrected chi connectivity index (χ2v) is 1.28. The molecular weight excluding hydrogens is 102 g/mol. The van der Waals surface area contributed by atoms with Gasteiger partial charge in [-0.25, -0.2) is 4.98 Å². The first kappa shape index (κ1) is 4.92. The van der Waals surface area contributed by atoms with Gasteiger partial charge in [0.15, 0.2) is 0 Å². The topological polar surface area (TPSA) is 26.0 Å². The summed E-state index contributed by atoms with van der Waals surface area (Å²) in [6.07, 6.45) is 9.92. The molecular formula is C6H4NO. The summed E-state index contributed by atoms with van der Waals surface area (Å²) in [6.45, 7) is 0. The van der Waals surface area contributed by atoms with Gasteiger partial charge in [-0.3, -0.25) is 0 Å². The van der Waals surface area contributed by atoms with Crippen LogP contribution in [0.25, 0.3) is 0 Å². The fourth-order valence-corrected chi connectivity index (χ4v) is 0.416. The Labute approximate surface area is 47.5 Å². The highest BCUT2D eigenvalue weighted by Gasteiger charge is 1.89. The average molecular weight is 106 g/mol. The molecule has 8 heavy (non-hydrogen) atoms. The molecule has 2 nitrogen and oxygen atoms in total. The Bertz CT molecular complexity index is 183. The summed E-state index contributed by atoms with van der Waals surface area (Å²) in [7, 11) is 0. The number of hydrogen-bond acceptors (Lipinski definition) is 2. The van der Waals surface area contributed by atoms with Crippen molar-refractivity contribution in [2.24, 2.45) is 0 Å². The molecule has 2 heteroatoms. The Morgan fingerprint density at radius 2 is 2.75 bits per heavy atom. The second-order valence-electron chi connectivity index (χ2n) is 1.28. The molecule has 0 unspecified atom stereocenters. The Morgan fingerprint density at radius 1 is 1.88 bits per heavy atom. The normalized spacial score (nSPS) is 8.38. The van der Waals surface area contributed by atoms with E-state index in [0.29, 0.717) is 12.3 Å². The SMILES string of the molecule is [C]#CCc1ncco1. The second kappa shape index (κ2) is 2.17. The Hall–Kier alpha value is -1.23. The molecule has 0 N–H and O–H groups in total. The molecule has 1 aromatic heterocycles. The van der Waals surface area contributed by atoms with Crippen molar-refractivity contribution in [3.63, 3.8) is 0 Å². The zero-order valence-corrected chi connectivity index (χ0v) is 4.22. The molecule has 0 fully saturated rings. The molecule has 1 heterocycles. The maximum atomic E-state index is 6.53. The van der Waals surface area contributed by atoms with Crippen molar-refractivity contribution in [1.29, 1.82) is 0 Å². The lowest BCUT2D eigenvalue weighted by Gasteiger charge is -1.77. The smallest absolute Gasteiger partial charge is 0.205 e. The lowest BCUT2D eigenvalue weighted by molar-refractivity contribution is 0.511. The molecule has 0 saturated carbocycles. The molecule has 39 valence electrons. The maximum Gasteiger partial charge on any atom is 0.205 e. The minimum atomic E-state index is 0.368. The molecule has 0 aromatic carbocycles. The highest BCUT2D eigenvalue weighted by Crippen LogP contribution is 1.92. The zero-order valence-electron chi connectivity index (χ0n) is 4.22. The molecule has 1 rings (SSSR count). The van der Waals surface area contributed by atoms with Gasteiger partial charge >= 0.3 is 0 Å². The van der Waals surface area contributed by atoms with Gasteiger partial charge in [-0.15, -0.1) is 0 Å². The summed E-state index contributed by atoms with van der Waals surface area (Å²) in [4.78, 5) is 3.76. The van der Waals surface area contributed by atoms with E-state index in [-0.39, 0.29) is 0 Å². The molecule has 0 spiro atoms. The van der Waals surface area contributed by atoms with E-state index in [9.17, 15) is 0 Å². The Balaban J connectivity index is 2.67. The summed E-state index contributed by atoms with van der Waals surface area (Å²) in [6, 6.07) is 0. The first-order valence-corrected chi connectivity index (χ1v) is 2.21. The largest absolute Gasteiger partial charge is 0.448 e. The molecule has 0 amide bonds. The van der Waals surface area contributed by atoms with Gasteiger partial charge in [0.1, 0.15) is 6.26 Å². The van der Waals surface area contributed by atoms with Gasteiger partial charge < -0.3 is 4.42 Å². The number of rotatable bonds is 1. The van der Waals surface area contributed by atoms with E-state index in [1.807, 2.05) is 0 Å². The van der Waals surface area contributed by atoms with Crippen LogP contribution in [-0.2, 0) is 6.42 Å². The predicted octanol–water partition coefficient (Wildman–Crippen LogP) is 0.807. The van der Waals surface area contributed by atoms with E-state index in [4.69, 9.17) is 10.8 Å². The van der Waals surface area contributed by atoms with Crippen molar-refractivity contribution in [3.8, 4) is 5.92 Å². The molecule has 0 atom stereocenters. The minimum Gasteiger partial charge on any atom is -0.448 e. The summed E-state index contributed by atoms with van der Waals surface area (Å²) in [5.41, 5.74) is 0. The molecule has 1 radical (unpaired) electrons. The Kier molecular flexibility index (Phi) is 1.34. The monoisotopic (exact) mass is 106 g/mol. The van der Waals surface area contributed by atoms with Gasteiger partial charge in [-0.2, -0.15) is 0 Å². The lowest BCUT2D eigenvalue weighted by Crippen LogP contribution is -1.76. The van der Waals surface area contributed by atoms with Crippen LogP contribution in [0.4, 0.5) is 0 Å². The zero-order chi connectivity index (χ0) is 5.82. The third-order valence-electron chi connectivity index (χ3n) is 0.723. The van der Waals surface area contributed by atoms with Crippen molar-refractivity contribution >= 4 is 0 Å². The van der Waals surface area contributed by atoms with Crippen LogP contribution < -0.4 is 0 Å². The first-order chi connectivity index (χ1) is 3.93. The quantitative estimate of drug-likeness (QED) is 0.495. The summed E-state index contributed by atoms with van der Waals surface area (Å²) in [5.74, 6) is 2.71. The standard InChI is InChI=1S/C6H4NO/c1-2-3-6-7-4-5-8-6/h4-5H,3H2. The first-order valence-electron chi connectivity index (χ1n) is 2.21. The fourth-order valence-electron chi connectivity index (χ4n) is 0.416. The third-order valence-corrected chi connectivity index (χ3v) is 0.723. The van der Waals surface area contributed by atoms with Gasteiger partial charge in [-0.05, 0) is 6.42 Å². The minimum absolute atomic E-state index is 0.368. The highest BCUT2D eigenvalue weighted by atomic mass is 16.3. The Morgan fingerprint density at radius 3 is 3.25 bits per heavy atom. The van der Waals surface area contributed by atoms with E-state index < -0.39 is 0 Å². The predicted molar refractivity (Wildman–Crippen MR) is 27.3 cm³/mol. The molecule has 1 aromatic rings. The van der Waals surface area contributed by atoms with E-state index in [2.05, 4.69) is 10.9 Å². The van der Waals surface area contributed by atoms with E-state index in [1.165, 1.54) is 6.26 Å². The summed E-state index contributed by atoms with van der Waals surface area (Å²) in [5, 5.41) is 0. The van der Waals surface area contributed by atoms with Gasteiger partial charge in [-0.1, -0.05) is 5.92 Å². The molecule has 0 saturated heterocycles. The summed E-state index contributed by atoms with van der Waals surface area (Å²) < 4.78 is 4.78. The number of hydrogen-bond donors (Lipinski definition) is 0. The van der Waals surface area contributed by atoms with Crippen LogP contribution in [0.5, 0.6) is 0 Å². The van der Waals surface area contributed by atoms with Crippen LogP contribution in [-0.4, -0.2) is 4.98 Å². The van der Waals surface area contributed by atoms with Gasteiger partial charge in [0.2, 0.25) is 5.89 Å². The van der Waals surface area contributed by atoms with Crippen molar-refractivity contribution in [2.45, 2.75) is 6.42 Å². The third kappa shape index (κ3) is 0.881. The van der Waals surface area contributed by atoms with Crippen LogP contribution >= 0.6 is 0 Å². The molecule has 0 bridgehead atoms. The van der Waals surface area contributed by atoms with Gasteiger partial charge in [0.05, 0.1) is 12.6 Å². The van der Waals surface area contributed by atoms with Crippen LogP contribution in [0, 0.1) is 12.3 Å². The van der Waals surface area contributed by atoms with Crippen molar-refractivity contribution in [1.82, 2.24) is 4.98 Å². The molecule has 0 aliphatic rings. The van der Waals surface area contributed by atoms with Crippen molar-refractivity contribution < 1.29 is 4.42 Å². The van der Waals surface area contributed by atoms with Crippen LogP contribution in [0.15, 0.2) is 16.9 Å². The van der Waals surface area contributed by atoms with Crippen molar-refractivity contribution in [3.05, 3.63) is 24.8 Å². The summed E-state index contributed by atoms with van der Waals surface area (Å²) >= 11 is 0. The van der Waals surface area contributed by atoms with E-state index >= 15 is 0 Å². The highest BCUT2D eigenvalue weighted by molar-refractivity contribution is 4.92. The molecule has 0 aliphatic carbocycles. The molecule has 0 aliphatic heterocycles. The number of aromatic nitrogens is 1. The van der Waals surface area contributed by atoms with Crippen LogP contribution in [0.2, 0.25) is 0 Å². The number of nitrogens with zero attached hydrogens (tertiary/aromatic N) is 1. The van der Waals surface area contributed by atoms with E-state index in [0.717, 1.165) is 0 Å². The van der Waals surface area contributed by atoms with E-state index in [1.54, 1.807) is 6.20 Å².